The van der Waals surface area contributed by atoms with Crippen molar-refractivity contribution in [3.05, 3.63) is 218 Å². The van der Waals surface area contributed by atoms with Crippen LogP contribution in [0.25, 0.3) is 0 Å². The molecule has 0 aliphatic carbocycles. The molecule has 6 aromatic carbocycles. The standard InChI is InChI=1S/C44H42O5Si4/c1-4-22-38(23-5-2)51(41-29-15-8-16-30-41)46-50(39-25-11-6-12-26-39,40-27-13-7-14-28-40)47-52(42-31-17-9-18-32-42,44-35-21-24-37(3)36-44)49-53(45,48-51)43-33-19-10-20-34-43/h4-36,45H,1H2,2-3H3/b23-5-,38-22+. The van der Waals surface area contributed by atoms with E-state index in [1.165, 1.54) is 0 Å². The van der Waals surface area contributed by atoms with Crippen molar-refractivity contribution in [3.63, 3.8) is 0 Å². The van der Waals surface area contributed by atoms with Gasteiger partial charge in [0, 0.05) is 5.19 Å². The van der Waals surface area contributed by atoms with Gasteiger partial charge in [-0.05, 0) is 45.0 Å². The summed E-state index contributed by atoms with van der Waals surface area (Å²) in [6.45, 7) is 8.13. The minimum atomic E-state index is -4.53. The molecule has 0 amide bonds. The Bertz CT molecular complexity index is 2170. The maximum atomic E-state index is 13.6. The van der Waals surface area contributed by atoms with Crippen molar-refractivity contribution in [1.29, 1.82) is 0 Å². The highest BCUT2D eigenvalue weighted by Crippen LogP contribution is 2.35. The first-order valence-electron chi connectivity index (χ1n) is 17.7. The van der Waals surface area contributed by atoms with Gasteiger partial charge in [0.1, 0.15) is 0 Å². The second-order valence-corrected chi connectivity index (χ2v) is 25.1. The van der Waals surface area contributed by atoms with Gasteiger partial charge in [0.05, 0.1) is 0 Å². The Morgan fingerprint density at radius 1 is 0.509 bits per heavy atom. The Kier molecular flexibility index (Phi) is 10.8. The van der Waals surface area contributed by atoms with E-state index in [0.717, 1.165) is 36.7 Å². The number of aryl methyl sites for hydroxylation is 1. The van der Waals surface area contributed by atoms with Crippen LogP contribution in [0.1, 0.15) is 12.5 Å². The molecule has 3 unspecified atom stereocenters. The van der Waals surface area contributed by atoms with Gasteiger partial charge >= 0.3 is 34.5 Å². The predicted octanol–water partition coefficient (Wildman–Crippen LogP) is 5.30. The van der Waals surface area contributed by atoms with E-state index in [2.05, 4.69) is 49.9 Å². The monoisotopic (exact) mass is 762 g/mol. The molecule has 1 heterocycles. The minimum absolute atomic E-state index is 0.549. The Morgan fingerprint density at radius 2 is 0.943 bits per heavy atom. The molecule has 1 aliphatic heterocycles. The molecule has 5 nitrogen and oxygen atoms in total. The Labute approximate surface area is 316 Å². The maximum absolute atomic E-state index is 13.6. The molecule has 0 aromatic heterocycles. The van der Waals surface area contributed by atoms with E-state index in [-0.39, 0.29) is 0 Å². The molecule has 7 rings (SSSR count). The summed E-state index contributed by atoms with van der Waals surface area (Å²) in [7, 11) is -16.6. The van der Waals surface area contributed by atoms with Crippen LogP contribution in [0.3, 0.4) is 0 Å². The van der Waals surface area contributed by atoms with Gasteiger partial charge in [-0.25, -0.2) is 0 Å². The average molecular weight is 763 g/mol. The van der Waals surface area contributed by atoms with E-state index in [0.29, 0.717) is 5.19 Å². The zero-order valence-electron chi connectivity index (χ0n) is 29.8. The molecule has 3 atom stereocenters. The molecule has 1 aliphatic rings. The second-order valence-electron chi connectivity index (χ2n) is 12.9. The minimum Gasteiger partial charge on any atom is -0.402 e. The zero-order chi connectivity index (χ0) is 36.8. The zero-order valence-corrected chi connectivity index (χ0v) is 33.8. The largest absolute Gasteiger partial charge is 0.517 e. The highest BCUT2D eigenvalue weighted by Gasteiger charge is 2.68. The van der Waals surface area contributed by atoms with Crippen molar-refractivity contribution in [2.75, 3.05) is 0 Å². The van der Waals surface area contributed by atoms with Gasteiger partial charge in [-0.2, -0.15) is 0 Å². The van der Waals surface area contributed by atoms with Crippen molar-refractivity contribution < 1.29 is 21.3 Å². The van der Waals surface area contributed by atoms with Crippen molar-refractivity contribution in [1.82, 2.24) is 0 Å². The molecular formula is C44H42O5Si4. The van der Waals surface area contributed by atoms with Crippen molar-refractivity contribution >= 4 is 65.6 Å². The number of hydrogen-bond donors (Lipinski definition) is 1. The van der Waals surface area contributed by atoms with Gasteiger partial charge in [-0.1, -0.05) is 212 Å². The van der Waals surface area contributed by atoms with Crippen LogP contribution in [0.4, 0.5) is 0 Å². The van der Waals surface area contributed by atoms with Crippen LogP contribution in [0.2, 0.25) is 0 Å². The van der Waals surface area contributed by atoms with E-state index >= 15 is 0 Å². The summed E-state index contributed by atoms with van der Waals surface area (Å²) in [5.41, 5.74) is 1.04. The van der Waals surface area contributed by atoms with Crippen molar-refractivity contribution in [3.8, 4) is 0 Å². The molecule has 0 radical (unpaired) electrons. The number of allylic oxidation sites excluding steroid dienone is 5. The Hall–Kier alpha value is -4.79. The quantitative estimate of drug-likeness (QED) is 0.160. The number of benzene rings is 6. The van der Waals surface area contributed by atoms with Crippen LogP contribution in [0.15, 0.2) is 212 Å². The first-order chi connectivity index (χ1) is 25.9. The molecule has 0 bridgehead atoms. The van der Waals surface area contributed by atoms with Gasteiger partial charge < -0.3 is 21.3 Å². The van der Waals surface area contributed by atoms with E-state index in [4.69, 9.17) is 16.5 Å². The van der Waals surface area contributed by atoms with Gasteiger partial charge in [0.25, 0.3) is 0 Å². The molecule has 0 saturated carbocycles. The van der Waals surface area contributed by atoms with Gasteiger partial charge in [-0.15, -0.1) is 0 Å². The lowest BCUT2D eigenvalue weighted by Gasteiger charge is -2.52. The summed E-state index contributed by atoms with van der Waals surface area (Å²) in [5, 5.41) is 5.54. The summed E-state index contributed by atoms with van der Waals surface area (Å²) in [5.74, 6) is 0. The van der Waals surface area contributed by atoms with Crippen LogP contribution in [0, 0.1) is 6.92 Å². The molecule has 6 aromatic rings. The lowest BCUT2D eigenvalue weighted by molar-refractivity contribution is 0.197. The van der Waals surface area contributed by atoms with E-state index in [1.54, 1.807) is 6.08 Å². The highest BCUT2D eigenvalue weighted by molar-refractivity contribution is 7.12. The van der Waals surface area contributed by atoms with Crippen LogP contribution >= 0.6 is 0 Å². The Balaban J connectivity index is 1.69. The summed E-state index contributed by atoms with van der Waals surface area (Å²) in [4.78, 5) is 13.6. The molecule has 9 heteroatoms. The van der Waals surface area contributed by atoms with Crippen LogP contribution in [0.5, 0.6) is 0 Å². The molecule has 1 fully saturated rings. The fourth-order valence-corrected chi connectivity index (χ4v) is 27.6. The highest BCUT2D eigenvalue weighted by atomic mass is 28.5. The first-order valence-corrected chi connectivity index (χ1v) is 24.9. The topological polar surface area (TPSA) is 57.2 Å². The predicted molar refractivity (Wildman–Crippen MR) is 224 cm³/mol. The average Bonchev–Trinajstić information content (AvgIpc) is 3.21. The van der Waals surface area contributed by atoms with Crippen LogP contribution in [-0.2, 0) is 16.5 Å². The first kappa shape index (κ1) is 36.6. The number of hydrogen-bond acceptors (Lipinski definition) is 5. The Morgan fingerprint density at radius 3 is 1.40 bits per heavy atom. The third-order valence-corrected chi connectivity index (χ3v) is 26.0. The van der Waals surface area contributed by atoms with Crippen LogP contribution < -0.4 is 31.1 Å². The molecular weight excluding hydrogens is 721 g/mol. The molecule has 1 N–H and O–H groups in total. The fraction of sp³-hybridized carbons (Fsp3) is 0.0455. The fourth-order valence-electron chi connectivity index (χ4n) is 6.91. The lowest BCUT2D eigenvalue weighted by Crippen LogP contribution is -2.85. The van der Waals surface area contributed by atoms with Crippen molar-refractivity contribution in [2.24, 2.45) is 0 Å². The molecule has 53 heavy (non-hydrogen) atoms. The van der Waals surface area contributed by atoms with E-state index < -0.39 is 34.5 Å². The van der Waals surface area contributed by atoms with E-state index in [9.17, 15) is 4.80 Å². The summed E-state index contributed by atoms with van der Waals surface area (Å²) in [6.07, 6.45) is 7.64. The van der Waals surface area contributed by atoms with Gasteiger partial charge in [-0.3, -0.25) is 0 Å². The third-order valence-electron chi connectivity index (χ3n) is 9.31. The van der Waals surface area contributed by atoms with E-state index in [1.807, 2.05) is 165 Å². The lowest BCUT2D eigenvalue weighted by atomic mass is 10.2. The molecule has 0 spiro atoms. The third kappa shape index (κ3) is 7.02. The number of rotatable bonds is 9. The second kappa shape index (κ2) is 15.7. The summed E-state index contributed by atoms with van der Waals surface area (Å²) < 4.78 is 31.6. The summed E-state index contributed by atoms with van der Waals surface area (Å²) >= 11 is 0. The maximum Gasteiger partial charge on any atom is 0.517 e. The van der Waals surface area contributed by atoms with Crippen molar-refractivity contribution in [2.45, 2.75) is 13.8 Å². The molecule has 1 saturated heterocycles. The SMILES string of the molecule is C=C/C=C(\C=C/C)[Si]1(c2ccccc2)O[Si](O)(c2ccccc2)O[Si](c2ccccc2)(c2cccc(C)c2)O[Si](c2ccccc2)(c2ccccc2)O1. The summed E-state index contributed by atoms with van der Waals surface area (Å²) in [6, 6.07) is 58.1. The molecule has 264 valence electrons. The van der Waals surface area contributed by atoms with Crippen LogP contribution in [-0.4, -0.2) is 39.3 Å². The van der Waals surface area contributed by atoms with Gasteiger partial charge in [0.15, 0.2) is 0 Å². The van der Waals surface area contributed by atoms with Gasteiger partial charge in [0.2, 0.25) is 0 Å². The smallest absolute Gasteiger partial charge is 0.402 e. The normalized spacial score (nSPS) is 23.2.